The maximum Gasteiger partial charge on any atom is 0.407 e. The van der Waals surface area contributed by atoms with E-state index in [-0.39, 0.29) is 37.3 Å². The molecule has 2 amide bonds. The number of hydrogen-bond donors (Lipinski definition) is 3. The highest BCUT2D eigenvalue weighted by molar-refractivity contribution is 5.80. The number of ether oxygens (including phenoxy) is 1. The number of fused-ring (bicyclic) bond motifs is 3. The molecule has 35 heavy (non-hydrogen) atoms. The molecule has 7 heteroatoms. The molecule has 4 rings (SSSR count). The van der Waals surface area contributed by atoms with Gasteiger partial charge in [-0.15, -0.1) is 0 Å². The minimum Gasteiger partial charge on any atom is -0.478 e. The average molecular weight is 477 g/mol. The topological polar surface area (TPSA) is 105 Å². The van der Waals surface area contributed by atoms with Crippen molar-refractivity contribution < 1.29 is 24.2 Å². The van der Waals surface area contributed by atoms with Gasteiger partial charge < -0.3 is 20.5 Å². The van der Waals surface area contributed by atoms with Crippen molar-refractivity contribution in [2.45, 2.75) is 38.0 Å². The van der Waals surface area contributed by atoms with Gasteiger partial charge in [0.25, 0.3) is 0 Å². The predicted molar refractivity (Wildman–Crippen MR) is 133 cm³/mol. The van der Waals surface area contributed by atoms with Crippen molar-refractivity contribution in [3.05, 3.63) is 71.8 Å². The predicted octanol–water partition coefficient (Wildman–Crippen LogP) is 4.48. The van der Waals surface area contributed by atoms with E-state index in [0.29, 0.717) is 12.5 Å². The van der Waals surface area contributed by atoms with Crippen molar-refractivity contribution in [3.63, 3.8) is 0 Å². The highest BCUT2D eigenvalue weighted by Crippen LogP contribution is 2.44. The van der Waals surface area contributed by atoms with Gasteiger partial charge in [0.1, 0.15) is 6.61 Å². The molecule has 3 N–H and O–H groups in total. The van der Waals surface area contributed by atoms with Crippen molar-refractivity contribution in [2.24, 2.45) is 11.8 Å². The molecule has 0 heterocycles. The molecule has 2 aliphatic carbocycles. The van der Waals surface area contributed by atoms with Crippen molar-refractivity contribution >= 4 is 18.0 Å². The third kappa shape index (κ3) is 6.29. The molecule has 2 aromatic rings. The zero-order chi connectivity index (χ0) is 24.6. The number of carboxylic acids is 1. The number of aliphatic carboxylic acids is 1. The molecule has 184 valence electrons. The van der Waals surface area contributed by atoms with Crippen LogP contribution in [0.15, 0.2) is 60.7 Å². The minimum atomic E-state index is -1.05. The highest BCUT2D eigenvalue weighted by Gasteiger charge is 2.30. The lowest BCUT2D eigenvalue weighted by atomic mass is 9.87. The fourth-order valence-corrected chi connectivity index (χ4v) is 5.34. The van der Waals surface area contributed by atoms with Crippen molar-refractivity contribution in [1.82, 2.24) is 10.6 Å². The fourth-order valence-electron chi connectivity index (χ4n) is 5.34. The Morgan fingerprint density at radius 3 is 2.23 bits per heavy atom. The number of alkyl carbamates (subject to hydrolysis) is 1. The largest absolute Gasteiger partial charge is 0.478 e. The van der Waals surface area contributed by atoms with Crippen LogP contribution in [0.25, 0.3) is 11.1 Å². The Bertz CT molecular complexity index is 1040. The molecule has 0 aliphatic heterocycles. The molecular formula is C28H32N2O5. The molecule has 0 aromatic heterocycles. The number of carbonyl (C=O) groups is 3. The highest BCUT2D eigenvalue weighted by atomic mass is 16.5. The standard InChI is InChI=1S/C28H32N2O5/c31-26(29-15-7-14-27(32)33)16-20(19-8-1-2-9-19)17-30-28(34)35-18-25-23-12-5-3-10-21(23)22-11-4-6-13-24(22)25/h3-7,10-14,19-20,25H,1-2,8-9,15-18H2,(H,29,31)(H,30,34)(H,32,33)/b14-7+. The first-order valence-electron chi connectivity index (χ1n) is 12.3. The van der Waals surface area contributed by atoms with Crippen LogP contribution in [0, 0.1) is 11.8 Å². The van der Waals surface area contributed by atoms with Gasteiger partial charge in [0, 0.05) is 31.5 Å². The van der Waals surface area contributed by atoms with Gasteiger partial charge in [0.15, 0.2) is 0 Å². The Morgan fingerprint density at radius 1 is 0.971 bits per heavy atom. The number of benzene rings is 2. The lowest BCUT2D eigenvalue weighted by Gasteiger charge is -2.23. The summed E-state index contributed by atoms with van der Waals surface area (Å²) in [6.07, 6.45) is 6.58. The first-order chi connectivity index (χ1) is 17.0. The molecule has 2 aliphatic rings. The summed E-state index contributed by atoms with van der Waals surface area (Å²) in [6, 6.07) is 16.4. The molecule has 2 aromatic carbocycles. The monoisotopic (exact) mass is 476 g/mol. The fraction of sp³-hybridized carbons (Fsp3) is 0.393. The quantitative estimate of drug-likeness (QED) is 0.439. The summed E-state index contributed by atoms with van der Waals surface area (Å²) in [6.45, 7) is 0.798. The van der Waals surface area contributed by atoms with E-state index in [4.69, 9.17) is 9.84 Å². The van der Waals surface area contributed by atoms with Crippen LogP contribution in [-0.2, 0) is 14.3 Å². The van der Waals surface area contributed by atoms with Gasteiger partial charge in [-0.3, -0.25) is 4.79 Å². The summed E-state index contributed by atoms with van der Waals surface area (Å²) in [5, 5.41) is 14.3. The van der Waals surface area contributed by atoms with Crippen LogP contribution in [-0.4, -0.2) is 42.8 Å². The van der Waals surface area contributed by atoms with E-state index in [0.717, 1.165) is 31.8 Å². The van der Waals surface area contributed by atoms with Crippen LogP contribution < -0.4 is 10.6 Å². The van der Waals surface area contributed by atoms with Gasteiger partial charge in [-0.25, -0.2) is 9.59 Å². The number of amides is 2. The Hall–Kier alpha value is -3.61. The molecule has 1 saturated carbocycles. The number of carboxylic acid groups (broad SMARTS) is 1. The van der Waals surface area contributed by atoms with Crippen LogP contribution in [0.3, 0.4) is 0 Å². The number of rotatable bonds is 10. The van der Waals surface area contributed by atoms with Crippen LogP contribution in [0.1, 0.15) is 49.1 Å². The maximum absolute atomic E-state index is 12.6. The molecule has 0 spiro atoms. The number of hydrogen-bond acceptors (Lipinski definition) is 4. The Balaban J connectivity index is 1.30. The van der Waals surface area contributed by atoms with Crippen LogP contribution in [0.4, 0.5) is 4.79 Å². The van der Waals surface area contributed by atoms with E-state index in [2.05, 4.69) is 34.9 Å². The lowest BCUT2D eigenvalue weighted by Crippen LogP contribution is -2.36. The second-order valence-corrected chi connectivity index (χ2v) is 9.26. The van der Waals surface area contributed by atoms with E-state index >= 15 is 0 Å². The zero-order valence-electron chi connectivity index (χ0n) is 19.7. The Kier molecular flexibility index (Phi) is 8.19. The molecule has 0 radical (unpaired) electrons. The number of carbonyl (C=O) groups excluding carboxylic acids is 2. The second-order valence-electron chi connectivity index (χ2n) is 9.26. The van der Waals surface area contributed by atoms with E-state index < -0.39 is 12.1 Å². The van der Waals surface area contributed by atoms with Crippen LogP contribution in [0.2, 0.25) is 0 Å². The summed E-state index contributed by atoms with van der Waals surface area (Å²) < 4.78 is 5.64. The summed E-state index contributed by atoms with van der Waals surface area (Å²) in [5.74, 6) is -0.796. The normalized spacial score (nSPS) is 16.0. The van der Waals surface area contributed by atoms with Crippen LogP contribution >= 0.6 is 0 Å². The summed E-state index contributed by atoms with van der Waals surface area (Å²) in [5.41, 5.74) is 4.70. The summed E-state index contributed by atoms with van der Waals surface area (Å²) in [7, 11) is 0. The SMILES string of the molecule is O=C(O)/C=C/CNC(=O)CC(CNC(=O)OCC1c2ccccc2-c2ccccc21)C1CCCC1. The van der Waals surface area contributed by atoms with E-state index in [1.54, 1.807) is 0 Å². The first-order valence-corrected chi connectivity index (χ1v) is 12.3. The molecular weight excluding hydrogens is 444 g/mol. The molecule has 1 unspecified atom stereocenters. The van der Waals surface area contributed by atoms with Gasteiger partial charge in [0.05, 0.1) is 0 Å². The Labute approximate surface area is 205 Å². The maximum atomic E-state index is 12.6. The van der Waals surface area contributed by atoms with E-state index in [1.165, 1.54) is 28.3 Å². The molecule has 1 fully saturated rings. The van der Waals surface area contributed by atoms with E-state index in [9.17, 15) is 14.4 Å². The van der Waals surface area contributed by atoms with Gasteiger partial charge >= 0.3 is 12.1 Å². The van der Waals surface area contributed by atoms with Crippen molar-refractivity contribution in [2.75, 3.05) is 19.7 Å². The van der Waals surface area contributed by atoms with Crippen LogP contribution in [0.5, 0.6) is 0 Å². The van der Waals surface area contributed by atoms with Gasteiger partial charge in [-0.2, -0.15) is 0 Å². The zero-order valence-corrected chi connectivity index (χ0v) is 19.7. The Morgan fingerprint density at radius 2 is 1.60 bits per heavy atom. The molecule has 0 saturated heterocycles. The third-order valence-electron chi connectivity index (χ3n) is 7.04. The summed E-state index contributed by atoms with van der Waals surface area (Å²) in [4.78, 5) is 35.6. The van der Waals surface area contributed by atoms with Gasteiger partial charge in [-0.05, 0) is 34.1 Å². The third-order valence-corrected chi connectivity index (χ3v) is 7.04. The van der Waals surface area contributed by atoms with Gasteiger partial charge in [-0.1, -0.05) is 80.3 Å². The minimum absolute atomic E-state index is 0.00316. The first kappa shape index (κ1) is 24.5. The van der Waals surface area contributed by atoms with E-state index in [1.807, 2.05) is 24.3 Å². The van der Waals surface area contributed by atoms with Crippen molar-refractivity contribution in [1.29, 1.82) is 0 Å². The van der Waals surface area contributed by atoms with Crippen molar-refractivity contribution in [3.8, 4) is 11.1 Å². The molecule has 1 atom stereocenters. The lowest BCUT2D eigenvalue weighted by molar-refractivity contribution is -0.131. The smallest absolute Gasteiger partial charge is 0.407 e. The summed E-state index contributed by atoms with van der Waals surface area (Å²) >= 11 is 0. The molecule has 7 nitrogen and oxygen atoms in total. The second kappa shape index (κ2) is 11.7. The molecule has 0 bridgehead atoms. The van der Waals surface area contributed by atoms with Gasteiger partial charge in [0.2, 0.25) is 5.91 Å². The number of nitrogens with one attached hydrogen (secondary N) is 2. The average Bonchev–Trinajstić information content (AvgIpc) is 3.50.